The molecular weight excluding hydrogens is 454 g/mol. The van der Waals surface area contributed by atoms with Crippen LogP contribution in [0.15, 0.2) is 34.9 Å². The number of nitrogens with one attached hydrogen (secondary N) is 1. The number of rotatable bonds is 7. The molecule has 1 aliphatic heterocycles. The quantitative estimate of drug-likeness (QED) is 0.486. The summed E-state index contributed by atoms with van der Waals surface area (Å²) in [6.45, 7) is 10.5. The predicted octanol–water partition coefficient (Wildman–Crippen LogP) is 5.20. The summed E-state index contributed by atoms with van der Waals surface area (Å²) in [7, 11) is 0. The number of anilines is 1. The van der Waals surface area contributed by atoms with E-state index in [4.69, 9.17) is 14.1 Å². The van der Waals surface area contributed by atoms with Crippen LogP contribution in [0.25, 0.3) is 22.4 Å². The van der Waals surface area contributed by atoms with Crippen LogP contribution in [0, 0.1) is 0 Å². The molecule has 8 heteroatoms. The van der Waals surface area contributed by atoms with Gasteiger partial charge in [0.25, 0.3) is 11.9 Å². The van der Waals surface area contributed by atoms with Crippen LogP contribution in [0.2, 0.25) is 0 Å². The first-order valence-corrected chi connectivity index (χ1v) is 13.4. The number of nitrogens with zero attached hydrogens (tertiary/aromatic N) is 4. The lowest BCUT2D eigenvalue weighted by atomic mass is 9.96. The number of pyridine rings is 1. The van der Waals surface area contributed by atoms with E-state index in [-0.39, 0.29) is 12.0 Å². The SMILES string of the molecule is CCN1CCN(C(=O)c2ccc(-c3cc(OC(C)C)c4oc(NC5CCCCC5)nc4c3)nc2)CC1. The smallest absolute Gasteiger partial charge is 0.296 e. The van der Waals surface area contributed by atoms with Gasteiger partial charge in [-0.25, -0.2) is 0 Å². The normalized spacial score (nSPS) is 17.6. The van der Waals surface area contributed by atoms with Gasteiger partial charge in [0.1, 0.15) is 5.52 Å². The number of benzene rings is 1. The minimum Gasteiger partial charge on any atom is -0.487 e. The second-order valence-electron chi connectivity index (χ2n) is 10.1. The monoisotopic (exact) mass is 491 g/mol. The van der Waals surface area contributed by atoms with Crippen molar-refractivity contribution in [1.29, 1.82) is 0 Å². The third-order valence-electron chi connectivity index (χ3n) is 7.16. The van der Waals surface area contributed by atoms with Crippen LogP contribution in [-0.4, -0.2) is 70.5 Å². The fourth-order valence-corrected chi connectivity index (χ4v) is 5.12. The van der Waals surface area contributed by atoms with Gasteiger partial charge in [0.15, 0.2) is 11.3 Å². The van der Waals surface area contributed by atoms with Gasteiger partial charge in [-0.05, 0) is 57.5 Å². The summed E-state index contributed by atoms with van der Waals surface area (Å²) in [5.74, 6) is 0.691. The predicted molar refractivity (Wildman–Crippen MR) is 142 cm³/mol. The molecule has 1 saturated carbocycles. The number of fused-ring (bicyclic) bond motifs is 1. The zero-order valence-corrected chi connectivity index (χ0v) is 21.6. The molecule has 3 aromatic rings. The summed E-state index contributed by atoms with van der Waals surface area (Å²) in [5, 5.41) is 3.47. The molecule has 36 heavy (non-hydrogen) atoms. The Balaban J connectivity index is 1.37. The van der Waals surface area contributed by atoms with E-state index in [9.17, 15) is 4.79 Å². The van der Waals surface area contributed by atoms with Gasteiger partial charge in [-0.2, -0.15) is 4.98 Å². The van der Waals surface area contributed by atoms with E-state index < -0.39 is 0 Å². The Labute approximate surface area is 213 Å². The van der Waals surface area contributed by atoms with Gasteiger partial charge in [0, 0.05) is 44.0 Å². The average molecular weight is 492 g/mol. The zero-order valence-electron chi connectivity index (χ0n) is 21.6. The second kappa shape index (κ2) is 10.9. The number of carbonyl (C=O) groups excluding carboxylic acids is 1. The van der Waals surface area contributed by atoms with Crippen molar-refractivity contribution in [3.63, 3.8) is 0 Å². The molecule has 192 valence electrons. The lowest BCUT2D eigenvalue weighted by Crippen LogP contribution is -2.48. The Bertz CT molecular complexity index is 1180. The number of piperazine rings is 1. The Kier molecular flexibility index (Phi) is 7.41. The molecule has 0 bridgehead atoms. The first kappa shape index (κ1) is 24.6. The number of ether oxygens (including phenoxy) is 1. The molecule has 8 nitrogen and oxygen atoms in total. The van der Waals surface area contributed by atoms with Crippen LogP contribution < -0.4 is 10.1 Å². The number of aromatic nitrogens is 2. The Morgan fingerprint density at radius 1 is 1.14 bits per heavy atom. The summed E-state index contributed by atoms with van der Waals surface area (Å²) >= 11 is 0. The molecule has 2 aromatic heterocycles. The number of amides is 1. The maximum Gasteiger partial charge on any atom is 0.296 e. The zero-order chi connectivity index (χ0) is 25.1. The number of carbonyl (C=O) groups is 1. The van der Waals surface area contributed by atoms with Crippen molar-refractivity contribution in [3.8, 4) is 17.0 Å². The average Bonchev–Trinajstić information content (AvgIpc) is 3.31. The lowest BCUT2D eigenvalue weighted by molar-refractivity contribution is 0.0643. The molecule has 0 atom stereocenters. The molecule has 1 N–H and O–H groups in total. The summed E-state index contributed by atoms with van der Waals surface area (Å²) in [6, 6.07) is 8.63. The first-order valence-electron chi connectivity index (χ1n) is 13.4. The van der Waals surface area contributed by atoms with Gasteiger partial charge < -0.3 is 24.3 Å². The molecule has 0 unspecified atom stereocenters. The van der Waals surface area contributed by atoms with Gasteiger partial charge >= 0.3 is 0 Å². The molecule has 1 aromatic carbocycles. The van der Waals surface area contributed by atoms with Crippen LogP contribution in [0.4, 0.5) is 6.01 Å². The highest BCUT2D eigenvalue weighted by atomic mass is 16.5. The van der Waals surface area contributed by atoms with Crippen LogP contribution in [-0.2, 0) is 0 Å². The highest BCUT2D eigenvalue weighted by Gasteiger charge is 2.22. The standard InChI is InChI=1S/C28H37N5O3/c1-4-32-12-14-33(15-13-32)27(34)20-10-11-23(29-18-20)21-16-24-26(25(17-21)35-19(2)3)36-28(31-24)30-22-8-6-5-7-9-22/h10-11,16-19,22H,4-9,12-15H2,1-3H3,(H,30,31). The highest BCUT2D eigenvalue weighted by molar-refractivity contribution is 5.94. The molecule has 0 radical (unpaired) electrons. The van der Waals surface area contributed by atoms with Gasteiger partial charge in [-0.1, -0.05) is 26.2 Å². The van der Waals surface area contributed by atoms with E-state index in [2.05, 4.69) is 22.1 Å². The highest BCUT2D eigenvalue weighted by Crippen LogP contribution is 2.35. The molecule has 2 aliphatic rings. The van der Waals surface area contributed by atoms with E-state index in [1.54, 1.807) is 6.20 Å². The van der Waals surface area contributed by atoms with Crippen molar-refractivity contribution in [2.24, 2.45) is 0 Å². The fourth-order valence-electron chi connectivity index (χ4n) is 5.12. The second-order valence-corrected chi connectivity index (χ2v) is 10.1. The van der Waals surface area contributed by atoms with Crippen LogP contribution in [0.1, 0.15) is 63.2 Å². The van der Waals surface area contributed by atoms with Crippen molar-refractivity contribution >= 4 is 23.0 Å². The largest absolute Gasteiger partial charge is 0.487 e. The summed E-state index contributed by atoms with van der Waals surface area (Å²) < 4.78 is 12.2. The number of likely N-dealkylation sites (N-methyl/N-ethyl adjacent to an activating group) is 1. The Morgan fingerprint density at radius 2 is 1.92 bits per heavy atom. The molecule has 1 saturated heterocycles. The third kappa shape index (κ3) is 5.48. The summed E-state index contributed by atoms with van der Waals surface area (Å²) in [4.78, 5) is 26.6. The molecule has 1 amide bonds. The van der Waals surface area contributed by atoms with Crippen LogP contribution in [0.3, 0.4) is 0 Å². The van der Waals surface area contributed by atoms with Crippen molar-refractivity contribution in [1.82, 2.24) is 19.8 Å². The summed E-state index contributed by atoms with van der Waals surface area (Å²) in [5.41, 5.74) is 3.64. The Morgan fingerprint density at radius 3 is 2.58 bits per heavy atom. The van der Waals surface area contributed by atoms with Gasteiger partial charge in [-0.15, -0.1) is 0 Å². The molecule has 3 heterocycles. The van der Waals surface area contributed by atoms with Crippen molar-refractivity contribution < 1.29 is 13.9 Å². The molecule has 2 fully saturated rings. The van der Waals surface area contributed by atoms with Crippen molar-refractivity contribution in [3.05, 3.63) is 36.0 Å². The summed E-state index contributed by atoms with van der Waals surface area (Å²) in [6.07, 6.45) is 7.73. The maximum atomic E-state index is 13.0. The number of hydrogen-bond donors (Lipinski definition) is 1. The molecular formula is C28H37N5O3. The van der Waals surface area contributed by atoms with E-state index in [0.717, 1.165) is 62.3 Å². The third-order valence-corrected chi connectivity index (χ3v) is 7.16. The van der Waals surface area contributed by atoms with Crippen molar-refractivity contribution in [2.45, 2.75) is 65.0 Å². The van der Waals surface area contributed by atoms with Gasteiger partial charge in [0.05, 0.1) is 17.4 Å². The van der Waals surface area contributed by atoms with E-state index in [1.807, 2.05) is 43.0 Å². The fraction of sp³-hybridized carbons (Fsp3) is 0.536. The van der Waals surface area contributed by atoms with Gasteiger partial charge in [-0.3, -0.25) is 9.78 Å². The van der Waals surface area contributed by atoms with E-state index in [1.165, 1.54) is 19.3 Å². The topological polar surface area (TPSA) is 83.7 Å². The molecule has 5 rings (SSSR count). The number of oxazole rings is 1. The minimum absolute atomic E-state index is 0.00978. The maximum absolute atomic E-state index is 13.0. The molecule has 0 spiro atoms. The lowest BCUT2D eigenvalue weighted by Gasteiger charge is -2.34. The van der Waals surface area contributed by atoms with Crippen molar-refractivity contribution in [2.75, 3.05) is 38.0 Å². The minimum atomic E-state index is -0.00978. The Hall–Kier alpha value is -3.13. The first-order chi connectivity index (χ1) is 17.5. The van der Waals surface area contributed by atoms with E-state index in [0.29, 0.717) is 29.0 Å². The molecule has 1 aliphatic carbocycles. The van der Waals surface area contributed by atoms with E-state index >= 15 is 0 Å². The van der Waals surface area contributed by atoms with Crippen LogP contribution in [0.5, 0.6) is 5.75 Å². The van der Waals surface area contributed by atoms with Crippen LogP contribution >= 0.6 is 0 Å². The number of hydrogen-bond acceptors (Lipinski definition) is 7. The van der Waals surface area contributed by atoms with Gasteiger partial charge in [0.2, 0.25) is 0 Å².